The molecule has 4 atom stereocenters. The van der Waals surface area contributed by atoms with Gasteiger partial charge in [0.1, 0.15) is 36.6 Å². The van der Waals surface area contributed by atoms with Gasteiger partial charge in [-0.3, -0.25) is 0 Å². The monoisotopic (exact) mass is 400 g/mol. The van der Waals surface area contributed by atoms with Crippen molar-refractivity contribution in [2.24, 2.45) is 0 Å². The number of ether oxygens (including phenoxy) is 3. The molecule has 2 aliphatic heterocycles. The fraction of sp³-hybridized carbons (Fsp3) is 0.300. The average Bonchev–Trinajstić information content (AvgIpc) is 3.55. The van der Waals surface area contributed by atoms with E-state index in [1.54, 1.807) is 24.3 Å². The normalized spacial score (nSPS) is 22.4. The molecule has 27 heavy (non-hydrogen) atoms. The van der Waals surface area contributed by atoms with Gasteiger partial charge >= 0.3 is 0 Å². The Labute approximate surface area is 166 Å². The summed E-state index contributed by atoms with van der Waals surface area (Å²) < 4.78 is 17.3. The van der Waals surface area contributed by atoms with Crippen LogP contribution in [0.1, 0.15) is 34.5 Å². The van der Waals surface area contributed by atoms with Gasteiger partial charge in [-0.25, -0.2) is 0 Å². The van der Waals surface area contributed by atoms with Crippen molar-refractivity contribution >= 4 is 23.2 Å². The van der Waals surface area contributed by atoms with Crippen LogP contribution in [-0.4, -0.2) is 25.4 Å². The molecule has 2 aliphatic rings. The molecule has 2 aromatic carbocycles. The summed E-state index contributed by atoms with van der Waals surface area (Å²) in [6, 6.07) is 14.8. The quantitative estimate of drug-likeness (QED) is 0.673. The van der Waals surface area contributed by atoms with Gasteiger partial charge in [0.25, 0.3) is 0 Å². The Morgan fingerprint density at radius 2 is 1.26 bits per heavy atom. The lowest BCUT2D eigenvalue weighted by Crippen LogP contribution is -2.20. The third-order valence-corrected chi connectivity index (χ3v) is 5.25. The maximum atomic E-state index is 9.53. The van der Waals surface area contributed by atoms with E-state index >= 15 is 0 Å². The Bertz CT molecular complexity index is 881. The highest BCUT2D eigenvalue weighted by atomic mass is 35.5. The Morgan fingerprint density at radius 3 is 1.59 bits per heavy atom. The highest BCUT2D eigenvalue weighted by Crippen LogP contribution is 2.43. The van der Waals surface area contributed by atoms with Crippen molar-refractivity contribution in [3.05, 3.63) is 68.7 Å². The van der Waals surface area contributed by atoms with E-state index in [0.29, 0.717) is 45.5 Å². The second-order valence-corrected chi connectivity index (χ2v) is 7.17. The molecule has 2 saturated heterocycles. The summed E-state index contributed by atoms with van der Waals surface area (Å²) in [7, 11) is 0. The molecular weight excluding hydrogens is 387 g/mol. The number of epoxide rings is 2. The molecule has 0 saturated carbocycles. The van der Waals surface area contributed by atoms with Gasteiger partial charge in [-0.2, -0.15) is 10.5 Å². The first-order chi connectivity index (χ1) is 13.1. The maximum absolute atomic E-state index is 9.53. The third kappa shape index (κ3) is 3.66. The van der Waals surface area contributed by atoms with E-state index in [1.165, 1.54) is 0 Å². The van der Waals surface area contributed by atoms with Gasteiger partial charge in [0, 0.05) is 11.1 Å². The van der Waals surface area contributed by atoms with Gasteiger partial charge in [0.2, 0.25) is 0 Å². The maximum Gasteiger partial charge on any atom is 0.113 e. The van der Waals surface area contributed by atoms with E-state index < -0.39 is 12.2 Å². The lowest BCUT2D eigenvalue weighted by molar-refractivity contribution is -0.0421. The van der Waals surface area contributed by atoms with Crippen molar-refractivity contribution < 1.29 is 14.2 Å². The number of benzene rings is 2. The van der Waals surface area contributed by atoms with Crippen LogP contribution in [0.15, 0.2) is 36.4 Å². The van der Waals surface area contributed by atoms with Crippen LogP contribution < -0.4 is 0 Å². The van der Waals surface area contributed by atoms with E-state index in [4.69, 9.17) is 37.4 Å². The van der Waals surface area contributed by atoms with Gasteiger partial charge in [0.05, 0.1) is 34.4 Å². The van der Waals surface area contributed by atoms with Gasteiger partial charge in [-0.15, -0.1) is 0 Å². The van der Waals surface area contributed by atoms with Crippen LogP contribution in [0.3, 0.4) is 0 Å². The molecule has 2 heterocycles. The second-order valence-electron chi connectivity index (χ2n) is 6.35. The smallest absolute Gasteiger partial charge is 0.113 e. The van der Waals surface area contributed by atoms with Crippen molar-refractivity contribution in [3.8, 4) is 12.1 Å². The molecule has 0 spiro atoms. The van der Waals surface area contributed by atoms with Crippen molar-refractivity contribution in [1.29, 1.82) is 10.5 Å². The molecule has 0 amide bonds. The molecule has 0 aromatic heterocycles. The Hall–Kier alpha value is -2.12. The highest BCUT2D eigenvalue weighted by molar-refractivity contribution is 6.32. The van der Waals surface area contributed by atoms with Crippen molar-refractivity contribution in [3.63, 3.8) is 0 Å². The molecule has 7 heteroatoms. The minimum Gasteiger partial charge on any atom is -0.370 e. The van der Waals surface area contributed by atoms with Crippen LogP contribution in [0.25, 0.3) is 0 Å². The van der Waals surface area contributed by atoms with Crippen LogP contribution in [-0.2, 0) is 14.2 Å². The van der Waals surface area contributed by atoms with Gasteiger partial charge in [0.15, 0.2) is 0 Å². The standard InChI is InChI=1S/C20H14Cl2N2O3/c21-15-5-1-3-11(13(15)7-23)19(17-9-25-17)27-20(18-10-26-18)12-4-2-6-16(22)14(12)8-24/h1-6,17-20H,9-10H2/t17?,18?,19-,20-/m1/s1. The fourth-order valence-electron chi connectivity index (χ4n) is 3.13. The molecule has 4 rings (SSSR count). The SMILES string of the molecule is N#Cc1c(Cl)cccc1[C@@H](O[C@H](c1cccc(Cl)c1C#N)C1CO1)C1CO1. The van der Waals surface area contributed by atoms with E-state index in [1.807, 2.05) is 12.1 Å². The molecular formula is C20H14Cl2N2O3. The lowest BCUT2D eigenvalue weighted by atomic mass is 9.98. The number of nitriles is 2. The minimum absolute atomic E-state index is 0.179. The second kappa shape index (κ2) is 7.48. The Morgan fingerprint density at radius 1 is 0.852 bits per heavy atom. The van der Waals surface area contributed by atoms with Crippen LogP contribution in [0.2, 0.25) is 10.0 Å². The molecule has 0 aliphatic carbocycles. The van der Waals surface area contributed by atoms with E-state index in [9.17, 15) is 10.5 Å². The van der Waals surface area contributed by atoms with Gasteiger partial charge in [-0.1, -0.05) is 47.5 Å². The molecule has 2 unspecified atom stereocenters. The number of hydrogen-bond acceptors (Lipinski definition) is 5. The molecule has 136 valence electrons. The first-order valence-corrected chi connectivity index (χ1v) is 9.15. The average molecular weight is 401 g/mol. The summed E-state index contributed by atoms with van der Waals surface area (Å²) >= 11 is 12.4. The Balaban J connectivity index is 1.73. The van der Waals surface area contributed by atoms with Gasteiger partial charge < -0.3 is 14.2 Å². The van der Waals surface area contributed by atoms with Gasteiger partial charge in [-0.05, 0) is 12.1 Å². The van der Waals surface area contributed by atoms with Crippen LogP contribution in [0.4, 0.5) is 0 Å². The number of hydrogen-bond donors (Lipinski definition) is 0. The summed E-state index contributed by atoms with van der Waals surface area (Å²) in [5.74, 6) is 0. The topological polar surface area (TPSA) is 81.9 Å². The Kier molecular flexibility index (Phi) is 5.06. The van der Waals surface area contributed by atoms with Crippen molar-refractivity contribution in [2.45, 2.75) is 24.4 Å². The fourth-order valence-corrected chi connectivity index (χ4v) is 3.58. The summed E-state index contributed by atoms with van der Waals surface area (Å²) in [6.45, 7) is 1.06. The summed E-state index contributed by atoms with van der Waals surface area (Å²) in [4.78, 5) is 0. The predicted molar refractivity (Wildman–Crippen MR) is 98.4 cm³/mol. The molecule has 0 bridgehead atoms. The summed E-state index contributed by atoms with van der Waals surface area (Å²) in [5.41, 5.74) is 2.06. The third-order valence-electron chi connectivity index (χ3n) is 4.62. The first kappa shape index (κ1) is 18.3. The van der Waals surface area contributed by atoms with E-state index in [0.717, 1.165) is 0 Å². The highest BCUT2D eigenvalue weighted by Gasteiger charge is 2.43. The van der Waals surface area contributed by atoms with Crippen molar-refractivity contribution in [2.75, 3.05) is 13.2 Å². The minimum atomic E-state index is -0.502. The molecule has 0 N–H and O–H groups in total. The summed E-state index contributed by atoms with van der Waals surface area (Å²) in [6.07, 6.45) is -1.36. The predicted octanol–water partition coefficient (Wildman–Crippen LogP) is 4.33. The molecule has 2 fully saturated rings. The van der Waals surface area contributed by atoms with Crippen molar-refractivity contribution in [1.82, 2.24) is 0 Å². The lowest BCUT2D eigenvalue weighted by Gasteiger charge is -2.25. The van der Waals surface area contributed by atoms with E-state index in [2.05, 4.69) is 12.1 Å². The zero-order valence-corrected chi connectivity index (χ0v) is 15.6. The van der Waals surface area contributed by atoms with E-state index in [-0.39, 0.29) is 12.2 Å². The molecule has 0 radical (unpaired) electrons. The van der Waals surface area contributed by atoms with Crippen LogP contribution in [0.5, 0.6) is 0 Å². The number of rotatable bonds is 6. The zero-order valence-electron chi connectivity index (χ0n) is 14.1. The largest absolute Gasteiger partial charge is 0.370 e. The van der Waals surface area contributed by atoms with Crippen LogP contribution in [0, 0.1) is 22.7 Å². The molecule has 5 nitrogen and oxygen atoms in total. The van der Waals surface area contributed by atoms with Crippen LogP contribution >= 0.6 is 23.2 Å². The number of nitrogens with zero attached hydrogens (tertiary/aromatic N) is 2. The number of halogens is 2. The molecule has 2 aromatic rings. The summed E-state index contributed by atoms with van der Waals surface area (Å²) in [5, 5.41) is 19.8. The first-order valence-electron chi connectivity index (χ1n) is 8.39. The zero-order chi connectivity index (χ0) is 19.0.